The first-order valence-electron chi connectivity index (χ1n) is 4.83. The van der Waals surface area contributed by atoms with Gasteiger partial charge >= 0.3 is 0 Å². The highest BCUT2D eigenvalue weighted by atomic mass is 16.3. The molecule has 16 heavy (non-hydrogen) atoms. The molecule has 0 amide bonds. The first-order chi connectivity index (χ1) is 7.77. The van der Waals surface area contributed by atoms with Crippen LogP contribution in [-0.2, 0) is 0 Å². The van der Waals surface area contributed by atoms with Crippen molar-refractivity contribution in [2.75, 3.05) is 5.73 Å². The molecule has 2 heterocycles. The van der Waals surface area contributed by atoms with Gasteiger partial charge in [-0.1, -0.05) is 12.1 Å². The molecule has 3 rings (SSSR count). The molecule has 3 aromatic rings. The monoisotopic (exact) mass is 212 g/mol. The maximum absolute atomic E-state index is 12.1. The van der Waals surface area contributed by atoms with E-state index in [0.717, 1.165) is 0 Å². The van der Waals surface area contributed by atoms with Gasteiger partial charge in [0.05, 0.1) is 5.39 Å². The number of hydrogen-bond acceptors (Lipinski definition) is 4. The SMILES string of the molecule is Nc1nccc2oc3ccccc3c(=O)c12. The molecule has 0 unspecified atom stereocenters. The van der Waals surface area contributed by atoms with Gasteiger partial charge in [-0.2, -0.15) is 0 Å². The molecule has 0 aliphatic heterocycles. The Kier molecular flexibility index (Phi) is 1.71. The number of benzene rings is 1. The van der Waals surface area contributed by atoms with Gasteiger partial charge in [0.2, 0.25) is 5.43 Å². The van der Waals surface area contributed by atoms with E-state index in [1.165, 1.54) is 6.20 Å². The van der Waals surface area contributed by atoms with E-state index in [0.29, 0.717) is 21.9 Å². The molecule has 78 valence electrons. The average Bonchev–Trinajstić information content (AvgIpc) is 2.29. The van der Waals surface area contributed by atoms with Crippen LogP contribution in [0.4, 0.5) is 5.82 Å². The summed E-state index contributed by atoms with van der Waals surface area (Å²) < 4.78 is 5.59. The minimum Gasteiger partial charge on any atom is -0.456 e. The number of nitrogen functional groups attached to an aromatic ring is 1. The molecule has 0 atom stereocenters. The fourth-order valence-electron chi connectivity index (χ4n) is 1.77. The molecule has 0 aliphatic rings. The number of fused-ring (bicyclic) bond motifs is 2. The number of hydrogen-bond donors (Lipinski definition) is 1. The minimum atomic E-state index is -0.137. The molecule has 0 fully saturated rings. The first kappa shape index (κ1) is 8.91. The standard InChI is InChI=1S/C12H8N2O2/c13-12-10-9(5-6-14-12)16-8-4-2-1-3-7(8)11(10)15/h1-6H,(H2,13,14). The lowest BCUT2D eigenvalue weighted by atomic mass is 10.1. The number of para-hydroxylation sites is 1. The highest BCUT2D eigenvalue weighted by molar-refractivity contribution is 5.94. The van der Waals surface area contributed by atoms with Crippen LogP contribution in [-0.4, -0.2) is 4.98 Å². The Morgan fingerprint density at radius 1 is 1.12 bits per heavy atom. The van der Waals surface area contributed by atoms with Gasteiger partial charge in [-0.05, 0) is 12.1 Å². The molecule has 0 bridgehead atoms. The molecule has 2 aromatic heterocycles. The van der Waals surface area contributed by atoms with Gasteiger partial charge in [0.15, 0.2) is 0 Å². The van der Waals surface area contributed by atoms with Crippen molar-refractivity contribution in [3.63, 3.8) is 0 Å². The molecule has 1 aromatic carbocycles. The maximum Gasteiger partial charge on any atom is 0.204 e. The number of nitrogens with zero attached hydrogens (tertiary/aromatic N) is 1. The summed E-state index contributed by atoms with van der Waals surface area (Å²) in [5, 5.41) is 0.871. The van der Waals surface area contributed by atoms with Crippen LogP contribution in [0.2, 0.25) is 0 Å². The lowest BCUT2D eigenvalue weighted by Crippen LogP contribution is -2.06. The van der Waals surface area contributed by atoms with Crippen molar-refractivity contribution >= 4 is 27.8 Å². The number of aromatic nitrogens is 1. The van der Waals surface area contributed by atoms with Gasteiger partial charge < -0.3 is 10.2 Å². The fourth-order valence-corrected chi connectivity index (χ4v) is 1.77. The van der Waals surface area contributed by atoms with Crippen molar-refractivity contribution < 1.29 is 4.42 Å². The number of anilines is 1. The molecular formula is C12H8N2O2. The Labute approximate surface area is 90.3 Å². The molecule has 0 saturated heterocycles. The number of pyridine rings is 1. The molecular weight excluding hydrogens is 204 g/mol. The Hall–Kier alpha value is -2.36. The van der Waals surface area contributed by atoms with Crippen LogP contribution >= 0.6 is 0 Å². The third kappa shape index (κ3) is 1.10. The molecule has 4 heteroatoms. The molecule has 0 radical (unpaired) electrons. The van der Waals surface area contributed by atoms with E-state index >= 15 is 0 Å². The lowest BCUT2D eigenvalue weighted by molar-refractivity contribution is 0.659. The fraction of sp³-hybridized carbons (Fsp3) is 0. The van der Waals surface area contributed by atoms with Crippen molar-refractivity contribution in [3.8, 4) is 0 Å². The highest BCUT2D eigenvalue weighted by Gasteiger charge is 2.09. The van der Waals surface area contributed by atoms with Crippen molar-refractivity contribution in [3.05, 3.63) is 46.8 Å². The molecule has 0 spiro atoms. The van der Waals surface area contributed by atoms with Crippen molar-refractivity contribution in [2.45, 2.75) is 0 Å². The van der Waals surface area contributed by atoms with E-state index in [9.17, 15) is 4.79 Å². The summed E-state index contributed by atoms with van der Waals surface area (Å²) in [4.78, 5) is 16.0. The van der Waals surface area contributed by atoms with Crippen molar-refractivity contribution in [1.29, 1.82) is 0 Å². The van der Waals surface area contributed by atoms with E-state index in [1.807, 2.05) is 6.07 Å². The second kappa shape index (κ2) is 3.06. The van der Waals surface area contributed by atoms with E-state index in [1.54, 1.807) is 24.3 Å². The Morgan fingerprint density at radius 2 is 1.94 bits per heavy atom. The van der Waals surface area contributed by atoms with Gasteiger partial charge in [-0.3, -0.25) is 4.79 Å². The predicted octanol–water partition coefficient (Wildman–Crippen LogP) is 1.92. The number of rotatable bonds is 0. The van der Waals surface area contributed by atoms with Gasteiger partial charge in [-0.25, -0.2) is 4.98 Å². The van der Waals surface area contributed by atoms with E-state index in [4.69, 9.17) is 10.2 Å². The summed E-state index contributed by atoms with van der Waals surface area (Å²) in [7, 11) is 0. The van der Waals surface area contributed by atoms with Crippen LogP contribution in [0.3, 0.4) is 0 Å². The van der Waals surface area contributed by atoms with Crippen LogP contribution in [0.15, 0.2) is 45.7 Å². The van der Waals surface area contributed by atoms with Gasteiger partial charge in [0.1, 0.15) is 22.4 Å². The summed E-state index contributed by atoms with van der Waals surface area (Å²) in [5.41, 5.74) is 6.57. The zero-order chi connectivity index (χ0) is 11.1. The van der Waals surface area contributed by atoms with Crippen molar-refractivity contribution in [2.24, 2.45) is 0 Å². The normalized spacial score (nSPS) is 11.0. The van der Waals surface area contributed by atoms with Gasteiger partial charge in [0, 0.05) is 12.3 Å². The Balaban J connectivity index is 2.67. The quantitative estimate of drug-likeness (QED) is 0.578. The van der Waals surface area contributed by atoms with E-state index in [2.05, 4.69) is 4.98 Å². The zero-order valence-corrected chi connectivity index (χ0v) is 8.31. The summed E-state index contributed by atoms with van der Waals surface area (Å²) in [6.45, 7) is 0. The zero-order valence-electron chi connectivity index (χ0n) is 8.31. The van der Waals surface area contributed by atoms with Crippen LogP contribution in [0, 0.1) is 0 Å². The summed E-state index contributed by atoms with van der Waals surface area (Å²) >= 11 is 0. The third-order valence-electron chi connectivity index (χ3n) is 2.52. The molecule has 2 N–H and O–H groups in total. The van der Waals surface area contributed by atoms with Gasteiger partial charge in [0.25, 0.3) is 0 Å². The average molecular weight is 212 g/mol. The maximum atomic E-state index is 12.1. The van der Waals surface area contributed by atoms with Crippen molar-refractivity contribution in [1.82, 2.24) is 4.98 Å². The Morgan fingerprint density at radius 3 is 2.81 bits per heavy atom. The largest absolute Gasteiger partial charge is 0.456 e. The molecule has 4 nitrogen and oxygen atoms in total. The lowest BCUT2D eigenvalue weighted by Gasteiger charge is -2.01. The van der Waals surface area contributed by atoms with Crippen LogP contribution in [0.25, 0.3) is 21.9 Å². The minimum absolute atomic E-state index is 0.137. The topological polar surface area (TPSA) is 69.1 Å². The second-order valence-corrected chi connectivity index (χ2v) is 3.50. The third-order valence-corrected chi connectivity index (χ3v) is 2.52. The van der Waals surface area contributed by atoms with E-state index in [-0.39, 0.29) is 11.2 Å². The smallest absolute Gasteiger partial charge is 0.204 e. The highest BCUT2D eigenvalue weighted by Crippen LogP contribution is 2.20. The van der Waals surface area contributed by atoms with Crippen LogP contribution < -0.4 is 11.2 Å². The molecule has 0 aliphatic carbocycles. The molecule has 0 saturated carbocycles. The van der Waals surface area contributed by atoms with Crippen LogP contribution in [0.5, 0.6) is 0 Å². The summed E-state index contributed by atoms with van der Waals surface area (Å²) in [6, 6.07) is 8.72. The summed E-state index contributed by atoms with van der Waals surface area (Å²) in [6.07, 6.45) is 1.52. The van der Waals surface area contributed by atoms with Crippen LogP contribution in [0.1, 0.15) is 0 Å². The predicted molar refractivity (Wildman–Crippen MR) is 62.2 cm³/mol. The Bertz CT molecular complexity index is 747. The van der Waals surface area contributed by atoms with Gasteiger partial charge in [-0.15, -0.1) is 0 Å². The second-order valence-electron chi connectivity index (χ2n) is 3.50. The van der Waals surface area contributed by atoms with E-state index < -0.39 is 0 Å². The first-order valence-corrected chi connectivity index (χ1v) is 4.83. The number of nitrogens with two attached hydrogens (primary N) is 1. The summed E-state index contributed by atoms with van der Waals surface area (Å²) in [5.74, 6) is 0.206.